The smallest absolute Gasteiger partial charge is 0.0708 e. The molecular weight excluding hydrogens is 605 g/mol. The van der Waals surface area contributed by atoms with Gasteiger partial charge >= 0.3 is 0 Å². The van der Waals surface area contributed by atoms with E-state index in [1.54, 1.807) is 0 Å². The second-order valence-corrected chi connectivity index (χ2v) is 12.8. The molecule has 0 saturated heterocycles. The number of rotatable bonds is 7. The third-order valence-electron chi connectivity index (χ3n) is 9.27. The highest BCUT2D eigenvalue weighted by Gasteiger charge is 2.21. The van der Waals surface area contributed by atoms with Crippen molar-refractivity contribution in [2.75, 3.05) is 0 Å². The first-order valence-electron chi connectivity index (χ1n) is 17.1. The van der Waals surface area contributed by atoms with Crippen LogP contribution in [0.4, 0.5) is 0 Å². The lowest BCUT2D eigenvalue weighted by Crippen LogP contribution is -1.97. The van der Waals surface area contributed by atoms with Gasteiger partial charge in [0.05, 0.1) is 11.4 Å². The van der Waals surface area contributed by atoms with E-state index in [2.05, 4.69) is 184 Å². The minimum Gasteiger partial charge on any atom is -0.256 e. The molecule has 0 fully saturated rings. The first-order valence-corrected chi connectivity index (χ1v) is 17.1. The van der Waals surface area contributed by atoms with Gasteiger partial charge in [-0.2, -0.15) is 0 Å². The van der Waals surface area contributed by atoms with Crippen LogP contribution in [-0.4, -0.2) is 9.97 Å². The normalized spacial score (nSPS) is 11.0. The highest BCUT2D eigenvalue weighted by Crippen LogP contribution is 2.46. The molecule has 50 heavy (non-hydrogen) atoms. The van der Waals surface area contributed by atoms with Gasteiger partial charge < -0.3 is 0 Å². The Morgan fingerprint density at radius 1 is 0.300 bits per heavy atom. The van der Waals surface area contributed by atoms with Crippen LogP contribution in [0.15, 0.2) is 182 Å². The summed E-state index contributed by atoms with van der Waals surface area (Å²) in [5.74, 6) is 0. The van der Waals surface area contributed by atoms with Gasteiger partial charge in [-0.15, -0.1) is 0 Å². The summed E-state index contributed by atoms with van der Waals surface area (Å²) in [6, 6.07) is 60.1. The predicted octanol–water partition coefficient (Wildman–Crippen LogP) is 12.8. The van der Waals surface area contributed by atoms with Gasteiger partial charge in [0.15, 0.2) is 0 Å². The Kier molecular flexibility index (Phi) is 8.42. The van der Waals surface area contributed by atoms with E-state index in [1.165, 1.54) is 16.7 Å². The van der Waals surface area contributed by atoms with E-state index in [-0.39, 0.29) is 0 Å². The van der Waals surface area contributed by atoms with Gasteiger partial charge in [-0.05, 0) is 70.5 Å². The first-order chi connectivity index (χ1) is 24.6. The minimum atomic E-state index is 0.948. The molecule has 2 aromatic heterocycles. The highest BCUT2D eigenvalue weighted by atomic mass is 14.7. The second-order valence-electron chi connectivity index (χ2n) is 12.8. The molecule has 0 N–H and O–H groups in total. The summed E-state index contributed by atoms with van der Waals surface area (Å²) in [5.41, 5.74) is 17.9. The van der Waals surface area contributed by atoms with E-state index in [9.17, 15) is 0 Å². The van der Waals surface area contributed by atoms with E-state index in [0.717, 1.165) is 72.6 Å². The molecule has 0 unspecified atom stereocenters. The number of benzene rings is 6. The fourth-order valence-electron chi connectivity index (χ4n) is 7.02. The van der Waals surface area contributed by atoms with Crippen LogP contribution < -0.4 is 0 Å². The van der Waals surface area contributed by atoms with Gasteiger partial charge in [0, 0.05) is 34.6 Å². The molecule has 238 valence electrons. The maximum absolute atomic E-state index is 5.08. The lowest BCUT2D eigenvalue weighted by atomic mass is 9.83. The van der Waals surface area contributed by atoms with Crippen LogP contribution in [0.2, 0.25) is 0 Å². The number of aryl methyl sites for hydroxylation is 2. The zero-order valence-electron chi connectivity index (χ0n) is 28.2. The average molecular weight is 641 g/mol. The van der Waals surface area contributed by atoms with Crippen molar-refractivity contribution in [2.24, 2.45) is 0 Å². The van der Waals surface area contributed by atoms with E-state index in [0.29, 0.717) is 0 Å². The van der Waals surface area contributed by atoms with Crippen molar-refractivity contribution in [1.29, 1.82) is 0 Å². The van der Waals surface area contributed by atoms with Gasteiger partial charge in [-0.3, -0.25) is 9.97 Å². The molecule has 0 aliphatic rings. The fourth-order valence-corrected chi connectivity index (χ4v) is 7.02. The van der Waals surface area contributed by atoms with Crippen molar-refractivity contribution in [3.63, 3.8) is 0 Å². The summed E-state index contributed by atoms with van der Waals surface area (Å²) in [6.45, 7) is 4.35. The van der Waals surface area contributed by atoms with Crippen molar-refractivity contribution in [3.8, 4) is 78.1 Å². The van der Waals surface area contributed by atoms with Gasteiger partial charge in [-0.25, -0.2) is 0 Å². The zero-order chi connectivity index (χ0) is 33.9. The Labute approximate surface area is 294 Å². The number of nitrogens with zero attached hydrogens (tertiary/aromatic N) is 2. The van der Waals surface area contributed by atoms with Crippen LogP contribution in [0.1, 0.15) is 11.1 Å². The van der Waals surface area contributed by atoms with Gasteiger partial charge in [0.2, 0.25) is 0 Å². The second kappa shape index (κ2) is 13.6. The number of pyridine rings is 2. The molecule has 2 heteroatoms. The topological polar surface area (TPSA) is 25.8 Å². The van der Waals surface area contributed by atoms with Gasteiger partial charge in [-0.1, -0.05) is 169 Å². The summed E-state index contributed by atoms with van der Waals surface area (Å²) in [5, 5.41) is 0. The summed E-state index contributed by atoms with van der Waals surface area (Å²) in [4.78, 5) is 10.2. The maximum Gasteiger partial charge on any atom is 0.0708 e. The molecule has 0 radical (unpaired) electrons. The monoisotopic (exact) mass is 640 g/mol. The Morgan fingerprint density at radius 3 is 1.08 bits per heavy atom. The molecule has 2 heterocycles. The van der Waals surface area contributed by atoms with Crippen LogP contribution in [-0.2, 0) is 0 Å². The van der Waals surface area contributed by atoms with Crippen molar-refractivity contribution >= 4 is 0 Å². The molecule has 2 nitrogen and oxygen atoms in total. The van der Waals surface area contributed by atoms with Crippen LogP contribution >= 0.6 is 0 Å². The largest absolute Gasteiger partial charge is 0.256 e. The van der Waals surface area contributed by atoms with Crippen molar-refractivity contribution in [3.05, 3.63) is 193 Å². The number of aromatic nitrogens is 2. The molecule has 0 aliphatic carbocycles. The lowest BCUT2D eigenvalue weighted by Gasteiger charge is -2.21. The van der Waals surface area contributed by atoms with E-state index in [1.807, 2.05) is 12.1 Å². The van der Waals surface area contributed by atoms with Crippen LogP contribution in [0, 0.1) is 13.8 Å². The highest BCUT2D eigenvalue weighted by molar-refractivity contribution is 6.01. The maximum atomic E-state index is 5.08. The number of hydrogen-bond donors (Lipinski definition) is 0. The predicted molar refractivity (Wildman–Crippen MR) is 210 cm³/mol. The molecule has 0 bridgehead atoms. The molecule has 6 aromatic carbocycles. The van der Waals surface area contributed by atoms with E-state index < -0.39 is 0 Å². The summed E-state index contributed by atoms with van der Waals surface area (Å²) in [6.07, 6.45) is 4.12. The molecule has 8 rings (SSSR count). The standard InChI is InChI=1S/C48H36N2/c1-33-26-34(2)28-39(27-33)48-40(44-31-49-46(37-20-11-5-12-21-37)29-42(44)35-16-7-3-8-17-35)24-15-25-41(48)45-32-50-47(38-22-13-6-14-23-38)30-43(45)36-18-9-4-10-19-36/h3-32H,1-2H3. The van der Waals surface area contributed by atoms with Crippen LogP contribution in [0.3, 0.4) is 0 Å². The first kappa shape index (κ1) is 30.9. The molecule has 0 amide bonds. The molecular formula is C48H36N2. The van der Waals surface area contributed by atoms with E-state index >= 15 is 0 Å². The summed E-state index contributed by atoms with van der Waals surface area (Å²) < 4.78 is 0. The quantitative estimate of drug-likeness (QED) is 0.173. The molecule has 0 saturated carbocycles. The van der Waals surface area contributed by atoms with E-state index in [4.69, 9.17) is 9.97 Å². The third-order valence-corrected chi connectivity index (χ3v) is 9.27. The van der Waals surface area contributed by atoms with Crippen molar-refractivity contribution < 1.29 is 0 Å². The lowest BCUT2D eigenvalue weighted by molar-refractivity contribution is 1.32. The van der Waals surface area contributed by atoms with Gasteiger partial charge in [0.25, 0.3) is 0 Å². The Balaban J connectivity index is 1.43. The third kappa shape index (κ3) is 6.16. The minimum absolute atomic E-state index is 0.948. The average Bonchev–Trinajstić information content (AvgIpc) is 3.18. The molecule has 0 atom stereocenters. The SMILES string of the molecule is Cc1cc(C)cc(-c2c(-c3cnc(-c4ccccc4)cc3-c3ccccc3)cccc2-c2cnc(-c3ccccc3)cc2-c2ccccc2)c1. The molecule has 0 spiro atoms. The summed E-state index contributed by atoms with van der Waals surface area (Å²) >= 11 is 0. The van der Waals surface area contributed by atoms with Crippen molar-refractivity contribution in [2.45, 2.75) is 13.8 Å². The Bertz CT molecular complexity index is 2250. The Hall–Kier alpha value is -6.38. The Morgan fingerprint density at radius 2 is 0.680 bits per heavy atom. The van der Waals surface area contributed by atoms with Crippen molar-refractivity contribution in [1.82, 2.24) is 9.97 Å². The van der Waals surface area contributed by atoms with Gasteiger partial charge in [0.1, 0.15) is 0 Å². The fraction of sp³-hybridized carbons (Fsp3) is 0.0417. The molecule has 8 aromatic rings. The molecule has 0 aliphatic heterocycles. The summed E-state index contributed by atoms with van der Waals surface area (Å²) in [7, 11) is 0. The number of hydrogen-bond acceptors (Lipinski definition) is 2. The zero-order valence-corrected chi connectivity index (χ0v) is 28.2. The van der Waals surface area contributed by atoms with Crippen LogP contribution in [0.25, 0.3) is 78.1 Å². The van der Waals surface area contributed by atoms with Crippen LogP contribution in [0.5, 0.6) is 0 Å².